The molecule has 0 spiro atoms. The second kappa shape index (κ2) is 17.0. The largest absolute Gasteiger partial charge is 0.508 e. The Bertz CT molecular complexity index is 2390. The van der Waals surface area contributed by atoms with E-state index in [-0.39, 0.29) is 55.1 Å². The highest BCUT2D eigenvalue weighted by Gasteiger charge is 2.76. The van der Waals surface area contributed by atoms with Gasteiger partial charge in [0, 0.05) is 59.5 Å². The number of nitrogens with one attached hydrogen (secondary N) is 3. The van der Waals surface area contributed by atoms with Gasteiger partial charge in [-0.15, -0.1) is 0 Å². The van der Waals surface area contributed by atoms with Crippen molar-refractivity contribution in [3.05, 3.63) is 95.1 Å². The van der Waals surface area contributed by atoms with Gasteiger partial charge >= 0.3 is 0 Å². The van der Waals surface area contributed by atoms with Crippen molar-refractivity contribution in [2.75, 3.05) is 18.5 Å². The highest BCUT2D eigenvalue weighted by Crippen LogP contribution is 2.70. The number of phenols is 1. The third kappa shape index (κ3) is 7.69. The number of carbonyl (C=O) groups excluding carboxylic acids is 7. The molecule has 6 aliphatic rings. The van der Waals surface area contributed by atoms with E-state index in [1.807, 2.05) is 19.1 Å². The van der Waals surface area contributed by atoms with Crippen LogP contribution in [0.1, 0.15) is 82.8 Å². The maximum Gasteiger partial charge on any atom is 0.253 e. The molecule has 3 saturated carbocycles. The molecule has 8 rings (SSSR count). The number of carbonyl (C=O) groups is 7. The topological polar surface area (TPSA) is 238 Å². The van der Waals surface area contributed by atoms with E-state index in [0.29, 0.717) is 29.7 Å². The van der Waals surface area contributed by atoms with Crippen molar-refractivity contribution in [1.82, 2.24) is 15.5 Å². The van der Waals surface area contributed by atoms with Gasteiger partial charge in [0.2, 0.25) is 17.7 Å². The summed E-state index contributed by atoms with van der Waals surface area (Å²) in [6, 6.07) is 10.00. The molecule has 6 N–H and O–H groups in total. The van der Waals surface area contributed by atoms with Gasteiger partial charge in [0.05, 0.1) is 12.2 Å². The second-order valence-corrected chi connectivity index (χ2v) is 18.5. The Labute approximate surface area is 370 Å². The van der Waals surface area contributed by atoms with Gasteiger partial charge in [-0.05, 0) is 92.8 Å². The number of aromatic hydroxyl groups is 1. The number of fused-ring (bicyclic) bond motifs is 7. The van der Waals surface area contributed by atoms with Gasteiger partial charge in [-0.1, -0.05) is 49.8 Å². The van der Waals surface area contributed by atoms with E-state index in [9.17, 15) is 48.9 Å². The Kier molecular flexibility index (Phi) is 11.9. The fraction of sp³-hybridized carbons (Fsp3) is 0.479. The average Bonchev–Trinajstić information content (AvgIpc) is 3.88. The lowest BCUT2D eigenvalue weighted by atomic mass is 9.46. The van der Waals surface area contributed by atoms with E-state index in [0.717, 1.165) is 34.6 Å². The molecule has 2 aromatic carbocycles. The van der Waals surface area contributed by atoms with Gasteiger partial charge in [-0.2, -0.15) is 0 Å². The van der Waals surface area contributed by atoms with E-state index in [1.54, 1.807) is 42.5 Å². The molecule has 0 aromatic heterocycles. The van der Waals surface area contributed by atoms with Gasteiger partial charge in [0.15, 0.2) is 23.5 Å². The lowest BCUT2D eigenvalue weighted by Crippen LogP contribution is -2.63. The summed E-state index contributed by atoms with van der Waals surface area (Å²) >= 11 is 0. The fourth-order valence-corrected chi connectivity index (χ4v) is 11.6. The van der Waals surface area contributed by atoms with Crippen molar-refractivity contribution in [2.45, 2.75) is 102 Å². The van der Waals surface area contributed by atoms with Crippen molar-refractivity contribution in [3.8, 4) is 5.75 Å². The monoisotopic (exact) mass is 878 g/mol. The van der Waals surface area contributed by atoms with Crippen LogP contribution in [0, 0.1) is 28.6 Å². The smallest absolute Gasteiger partial charge is 0.253 e. The normalized spacial score (nSPS) is 32.2. The number of anilines is 1. The number of aliphatic hydroxyl groups excluding tert-OH is 2. The third-order valence-corrected chi connectivity index (χ3v) is 14.8. The summed E-state index contributed by atoms with van der Waals surface area (Å²) < 4.78 is 13.3. The molecular formula is C48H54N4O12. The highest BCUT2D eigenvalue weighted by molar-refractivity contribution is 6.13. The molecule has 338 valence electrons. The van der Waals surface area contributed by atoms with E-state index in [2.05, 4.69) is 22.9 Å². The van der Waals surface area contributed by atoms with Crippen molar-refractivity contribution in [2.24, 2.45) is 28.6 Å². The van der Waals surface area contributed by atoms with Gasteiger partial charge in [0.25, 0.3) is 11.8 Å². The molecule has 16 heteroatoms. The molecule has 4 fully saturated rings. The first-order valence-electron chi connectivity index (χ1n) is 21.8. The molecule has 2 heterocycles. The number of imide groups is 1. The fourth-order valence-electron chi connectivity index (χ4n) is 11.6. The number of ether oxygens (including phenoxy) is 2. The summed E-state index contributed by atoms with van der Waals surface area (Å²) in [6.45, 7) is 6.09. The Hall–Kier alpha value is -5.81. The van der Waals surface area contributed by atoms with Crippen molar-refractivity contribution >= 4 is 46.8 Å². The SMILES string of the molecule is C[C@H](NC(=O)CCN1C(=O)C=CC1=O)C(=O)N[C@@H](C)C(=O)Nc1cccc(Cc2ccc(C3O[C@@H]4C[C@H]5C6CCC7=CC(=O)C=CC7(C)[C@H]6C(O)CC5(C)[C@]4(C(=O)CO)O3)cc2O)c1. The molecule has 16 nitrogen and oxygen atoms in total. The Morgan fingerprint density at radius 1 is 0.953 bits per heavy atom. The summed E-state index contributed by atoms with van der Waals surface area (Å²) in [6.07, 6.45) is 7.15. The Morgan fingerprint density at radius 2 is 1.69 bits per heavy atom. The van der Waals surface area contributed by atoms with Crippen LogP contribution in [0.5, 0.6) is 5.75 Å². The van der Waals surface area contributed by atoms with Crippen LogP contribution >= 0.6 is 0 Å². The van der Waals surface area contributed by atoms with Crippen LogP contribution in [0.2, 0.25) is 0 Å². The maximum absolute atomic E-state index is 14.0. The molecule has 11 atom stereocenters. The number of ketones is 2. The number of aliphatic hydroxyl groups is 2. The summed E-state index contributed by atoms with van der Waals surface area (Å²) in [5.41, 5.74) is 0.343. The zero-order valence-electron chi connectivity index (χ0n) is 36.2. The maximum atomic E-state index is 14.0. The van der Waals surface area contributed by atoms with E-state index in [1.165, 1.54) is 19.9 Å². The lowest BCUT2D eigenvalue weighted by molar-refractivity contribution is -0.201. The summed E-state index contributed by atoms with van der Waals surface area (Å²) in [5.74, 6) is -3.53. The molecule has 0 radical (unpaired) electrons. The number of hydrogen-bond acceptors (Lipinski definition) is 12. The molecular weight excluding hydrogens is 825 g/mol. The van der Waals surface area contributed by atoms with Gasteiger partial charge in [-0.25, -0.2) is 0 Å². The third-order valence-electron chi connectivity index (χ3n) is 14.8. The highest BCUT2D eigenvalue weighted by atomic mass is 16.7. The quantitative estimate of drug-likeness (QED) is 0.159. The average molecular weight is 879 g/mol. The van der Waals surface area contributed by atoms with Crippen LogP contribution in [0.4, 0.5) is 5.69 Å². The summed E-state index contributed by atoms with van der Waals surface area (Å²) in [7, 11) is 0. The van der Waals surface area contributed by atoms with E-state index >= 15 is 0 Å². The van der Waals surface area contributed by atoms with E-state index in [4.69, 9.17) is 9.47 Å². The number of rotatable bonds is 13. The van der Waals surface area contributed by atoms with Crippen LogP contribution in [0.3, 0.4) is 0 Å². The lowest BCUT2D eigenvalue weighted by Gasteiger charge is -2.59. The zero-order valence-corrected chi connectivity index (χ0v) is 36.2. The first-order chi connectivity index (χ1) is 30.4. The minimum absolute atomic E-state index is 0.0162. The Balaban J connectivity index is 0.887. The molecule has 1 saturated heterocycles. The van der Waals surface area contributed by atoms with Gasteiger partial charge in [-0.3, -0.25) is 38.5 Å². The number of phenolic OH excluding ortho intramolecular Hbond substituents is 1. The number of hydrogen-bond donors (Lipinski definition) is 6. The first kappa shape index (κ1) is 44.8. The molecule has 0 bridgehead atoms. The van der Waals surface area contributed by atoms with Crippen LogP contribution in [-0.4, -0.2) is 104 Å². The predicted molar refractivity (Wildman–Crippen MR) is 229 cm³/mol. The molecule has 4 aliphatic carbocycles. The summed E-state index contributed by atoms with van der Waals surface area (Å²) in [4.78, 5) is 88.8. The van der Waals surface area contributed by atoms with Crippen molar-refractivity contribution in [1.29, 1.82) is 0 Å². The van der Waals surface area contributed by atoms with Crippen LogP contribution < -0.4 is 16.0 Å². The summed E-state index contributed by atoms with van der Waals surface area (Å²) in [5, 5.41) is 41.4. The number of amides is 5. The van der Waals surface area contributed by atoms with Crippen LogP contribution in [-0.2, 0) is 49.5 Å². The van der Waals surface area contributed by atoms with Crippen LogP contribution in [0.25, 0.3) is 0 Å². The van der Waals surface area contributed by atoms with Crippen molar-refractivity contribution in [3.63, 3.8) is 0 Å². The minimum atomic E-state index is -1.54. The number of benzene rings is 2. The first-order valence-corrected chi connectivity index (χ1v) is 21.8. The Morgan fingerprint density at radius 3 is 2.41 bits per heavy atom. The molecule has 5 amide bonds. The molecule has 5 unspecified atom stereocenters. The van der Waals surface area contributed by atoms with E-state index < -0.39 is 88.9 Å². The number of nitrogens with zero attached hydrogens (tertiary/aromatic N) is 1. The predicted octanol–water partition coefficient (Wildman–Crippen LogP) is 2.85. The molecule has 64 heavy (non-hydrogen) atoms. The second-order valence-electron chi connectivity index (χ2n) is 18.5. The zero-order chi connectivity index (χ0) is 45.9. The molecule has 2 aliphatic heterocycles. The van der Waals surface area contributed by atoms with Crippen LogP contribution in [0.15, 0.2) is 78.4 Å². The standard InChI is InChI=1S/C48H54N4O12/c1-25(49-39(58)15-17-52-40(59)12-13-41(52)60)43(61)50-26(2)44(62)51-31-7-5-6-27(19-31)18-28-8-9-29(20-35(28)55)45-63-38-22-34-33-11-10-30-21-32(54)14-16-46(30,3)42(33)36(56)23-47(34,4)48(38,64-45)37(57)24-53/h5-9,12-14,16,19-21,25-26,33-34,36,38,42,45,53,55-56H,10-11,15,17-18,22-24H2,1-4H3,(H,49,58)(H,50,61)(H,51,62)/t25-,26-,33?,34-,36?,38+,42+,45?,46?,47?,48+/m0/s1. The number of allylic oxidation sites excluding steroid dienone is 4. The number of Topliss-reactive ketones (excluding diaryl/α,β-unsaturated/α-hetero) is 1. The minimum Gasteiger partial charge on any atom is -0.508 e. The van der Waals surface area contributed by atoms with Gasteiger partial charge < -0.3 is 40.7 Å². The molecule has 2 aromatic rings. The van der Waals surface area contributed by atoms with Gasteiger partial charge in [0.1, 0.15) is 24.4 Å². The van der Waals surface area contributed by atoms with Crippen molar-refractivity contribution < 1.29 is 58.4 Å².